The third-order valence-corrected chi connectivity index (χ3v) is 4.08. The maximum atomic E-state index is 12.5. The minimum Gasteiger partial charge on any atom is -0.396 e. The second kappa shape index (κ2) is 9.30. The molecule has 0 aliphatic rings. The van der Waals surface area contributed by atoms with E-state index in [0.29, 0.717) is 24.4 Å². The highest BCUT2D eigenvalue weighted by molar-refractivity contribution is 6.30. The van der Waals surface area contributed by atoms with Crippen molar-refractivity contribution in [2.45, 2.75) is 25.4 Å². The standard InChI is InChI=1S/C19H23ClN2O2/c1-22(14-15-9-11-17(20)12-10-15)19(24)21-18(8-5-13-23)16-6-3-2-4-7-16/h2-4,6-7,9-12,18,23H,5,8,13-14H2,1H3,(H,21,24). The quantitative estimate of drug-likeness (QED) is 0.796. The van der Waals surface area contributed by atoms with Gasteiger partial charge in [-0.2, -0.15) is 0 Å². The Hall–Kier alpha value is -2.04. The van der Waals surface area contributed by atoms with Crippen molar-refractivity contribution < 1.29 is 9.90 Å². The summed E-state index contributed by atoms with van der Waals surface area (Å²) in [6.45, 7) is 0.615. The first-order valence-corrected chi connectivity index (χ1v) is 8.40. The maximum Gasteiger partial charge on any atom is 0.317 e. The lowest BCUT2D eigenvalue weighted by atomic mass is 10.0. The monoisotopic (exact) mass is 346 g/mol. The number of nitrogens with one attached hydrogen (secondary N) is 1. The van der Waals surface area contributed by atoms with Crippen molar-refractivity contribution in [2.75, 3.05) is 13.7 Å². The van der Waals surface area contributed by atoms with E-state index in [1.807, 2.05) is 54.6 Å². The number of aliphatic hydroxyl groups excluding tert-OH is 1. The number of carbonyl (C=O) groups excluding carboxylic acids is 1. The molecule has 128 valence electrons. The fourth-order valence-electron chi connectivity index (χ4n) is 2.50. The third kappa shape index (κ3) is 5.55. The van der Waals surface area contributed by atoms with Crippen molar-refractivity contribution in [1.29, 1.82) is 0 Å². The molecule has 0 spiro atoms. The average molecular weight is 347 g/mol. The van der Waals surface area contributed by atoms with E-state index >= 15 is 0 Å². The summed E-state index contributed by atoms with van der Waals surface area (Å²) in [7, 11) is 1.76. The molecule has 2 amide bonds. The lowest BCUT2D eigenvalue weighted by molar-refractivity contribution is 0.200. The van der Waals surface area contributed by atoms with Crippen molar-refractivity contribution in [1.82, 2.24) is 10.2 Å². The molecule has 2 aromatic carbocycles. The van der Waals surface area contributed by atoms with E-state index in [2.05, 4.69) is 5.32 Å². The van der Waals surface area contributed by atoms with Gasteiger partial charge >= 0.3 is 6.03 Å². The first kappa shape index (κ1) is 18.3. The molecular formula is C19H23ClN2O2. The summed E-state index contributed by atoms with van der Waals surface area (Å²) < 4.78 is 0. The number of hydrogen-bond donors (Lipinski definition) is 2. The second-order valence-corrected chi connectivity index (χ2v) is 6.20. The summed E-state index contributed by atoms with van der Waals surface area (Å²) in [6.07, 6.45) is 1.34. The highest BCUT2D eigenvalue weighted by atomic mass is 35.5. The first-order chi connectivity index (χ1) is 11.6. The smallest absolute Gasteiger partial charge is 0.317 e. The van der Waals surface area contributed by atoms with Crippen LogP contribution < -0.4 is 5.32 Å². The molecule has 0 aliphatic heterocycles. The van der Waals surface area contributed by atoms with Gasteiger partial charge in [-0.15, -0.1) is 0 Å². The van der Waals surface area contributed by atoms with Gasteiger partial charge in [0.1, 0.15) is 0 Å². The van der Waals surface area contributed by atoms with Crippen LogP contribution in [0.25, 0.3) is 0 Å². The van der Waals surface area contributed by atoms with Crippen molar-refractivity contribution in [3.8, 4) is 0 Å². The SMILES string of the molecule is CN(Cc1ccc(Cl)cc1)C(=O)NC(CCCO)c1ccccc1. The van der Waals surface area contributed by atoms with Gasteiger partial charge in [0.15, 0.2) is 0 Å². The molecule has 0 aliphatic carbocycles. The fraction of sp³-hybridized carbons (Fsp3) is 0.316. The van der Waals surface area contributed by atoms with Gasteiger partial charge in [0, 0.05) is 25.2 Å². The number of amides is 2. The molecule has 0 saturated heterocycles. The summed E-state index contributed by atoms with van der Waals surface area (Å²) in [5.41, 5.74) is 2.06. The molecule has 0 heterocycles. The molecule has 4 nitrogen and oxygen atoms in total. The van der Waals surface area contributed by atoms with E-state index in [4.69, 9.17) is 16.7 Å². The lowest BCUT2D eigenvalue weighted by Gasteiger charge is -2.24. The zero-order valence-electron chi connectivity index (χ0n) is 13.8. The van der Waals surface area contributed by atoms with Gasteiger partial charge in [0.25, 0.3) is 0 Å². The Kier molecular flexibility index (Phi) is 7.09. The molecular weight excluding hydrogens is 324 g/mol. The van der Waals surface area contributed by atoms with Gasteiger partial charge < -0.3 is 15.3 Å². The molecule has 0 saturated carbocycles. The second-order valence-electron chi connectivity index (χ2n) is 5.76. The summed E-state index contributed by atoms with van der Waals surface area (Å²) in [6, 6.07) is 17.0. The molecule has 2 N–H and O–H groups in total. The minimum absolute atomic E-state index is 0.111. The highest BCUT2D eigenvalue weighted by Crippen LogP contribution is 2.19. The Bertz CT molecular complexity index is 632. The van der Waals surface area contributed by atoms with E-state index in [1.165, 1.54) is 0 Å². The molecule has 0 bridgehead atoms. The number of halogens is 1. The maximum absolute atomic E-state index is 12.5. The molecule has 1 atom stereocenters. The Labute approximate surface area is 148 Å². The number of carbonyl (C=O) groups is 1. The van der Waals surface area contributed by atoms with Gasteiger partial charge in [-0.05, 0) is 36.1 Å². The van der Waals surface area contributed by atoms with Crippen molar-refractivity contribution in [3.63, 3.8) is 0 Å². The predicted molar refractivity (Wildman–Crippen MR) is 97.0 cm³/mol. The van der Waals surface area contributed by atoms with Gasteiger partial charge in [0.2, 0.25) is 0 Å². The molecule has 0 radical (unpaired) electrons. The number of urea groups is 1. The largest absolute Gasteiger partial charge is 0.396 e. The number of benzene rings is 2. The summed E-state index contributed by atoms with van der Waals surface area (Å²) in [5, 5.41) is 12.8. The molecule has 5 heteroatoms. The van der Waals surface area contributed by atoms with E-state index in [-0.39, 0.29) is 18.7 Å². The zero-order valence-corrected chi connectivity index (χ0v) is 14.5. The van der Waals surface area contributed by atoms with Gasteiger partial charge in [-0.3, -0.25) is 0 Å². The minimum atomic E-state index is -0.142. The topological polar surface area (TPSA) is 52.6 Å². The van der Waals surface area contributed by atoms with Crippen molar-refractivity contribution in [3.05, 3.63) is 70.7 Å². The van der Waals surface area contributed by atoms with Crippen LogP contribution in [-0.2, 0) is 6.54 Å². The fourth-order valence-corrected chi connectivity index (χ4v) is 2.62. The molecule has 0 aromatic heterocycles. The van der Waals surface area contributed by atoms with Crippen LogP contribution in [0.2, 0.25) is 5.02 Å². The Balaban J connectivity index is 1.99. The van der Waals surface area contributed by atoms with E-state index in [0.717, 1.165) is 11.1 Å². The number of aliphatic hydroxyl groups is 1. The average Bonchev–Trinajstić information content (AvgIpc) is 2.61. The molecule has 2 rings (SSSR count). The van der Waals surface area contributed by atoms with E-state index in [1.54, 1.807) is 11.9 Å². The van der Waals surface area contributed by atoms with E-state index in [9.17, 15) is 4.79 Å². The van der Waals surface area contributed by atoms with Gasteiger partial charge in [-0.25, -0.2) is 4.79 Å². The van der Waals surface area contributed by atoms with Crippen LogP contribution in [0.1, 0.15) is 30.0 Å². The van der Waals surface area contributed by atoms with Crippen LogP contribution in [0, 0.1) is 0 Å². The van der Waals surface area contributed by atoms with Crippen molar-refractivity contribution in [2.24, 2.45) is 0 Å². The normalized spacial score (nSPS) is 11.8. The Morgan fingerprint density at radius 1 is 1.17 bits per heavy atom. The highest BCUT2D eigenvalue weighted by Gasteiger charge is 2.17. The summed E-state index contributed by atoms with van der Waals surface area (Å²) in [5.74, 6) is 0. The van der Waals surface area contributed by atoms with Crippen LogP contribution in [-0.4, -0.2) is 29.7 Å². The third-order valence-electron chi connectivity index (χ3n) is 3.83. The zero-order chi connectivity index (χ0) is 17.4. The first-order valence-electron chi connectivity index (χ1n) is 8.02. The molecule has 24 heavy (non-hydrogen) atoms. The van der Waals surface area contributed by atoms with Gasteiger partial charge in [-0.1, -0.05) is 54.1 Å². The molecule has 1 unspecified atom stereocenters. The van der Waals surface area contributed by atoms with Gasteiger partial charge in [0.05, 0.1) is 6.04 Å². The van der Waals surface area contributed by atoms with Crippen LogP contribution in [0.5, 0.6) is 0 Å². The lowest BCUT2D eigenvalue weighted by Crippen LogP contribution is -2.39. The van der Waals surface area contributed by atoms with Crippen LogP contribution in [0.3, 0.4) is 0 Å². The Morgan fingerprint density at radius 3 is 2.46 bits per heavy atom. The van der Waals surface area contributed by atoms with Crippen LogP contribution >= 0.6 is 11.6 Å². The molecule has 2 aromatic rings. The molecule has 0 fully saturated rings. The Morgan fingerprint density at radius 2 is 1.83 bits per heavy atom. The summed E-state index contributed by atoms with van der Waals surface area (Å²) >= 11 is 5.88. The number of rotatable bonds is 7. The number of nitrogens with zero attached hydrogens (tertiary/aromatic N) is 1. The van der Waals surface area contributed by atoms with Crippen molar-refractivity contribution >= 4 is 17.6 Å². The van der Waals surface area contributed by atoms with Crippen LogP contribution in [0.4, 0.5) is 4.79 Å². The van der Waals surface area contributed by atoms with Crippen LogP contribution in [0.15, 0.2) is 54.6 Å². The van der Waals surface area contributed by atoms with E-state index < -0.39 is 0 Å². The number of hydrogen-bond acceptors (Lipinski definition) is 2. The summed E-state index contributed by atoms with van der Waals surface area (Å²) in [4.78, 5) is 14.1. The predicted octanol–water partition coefficient (Wildman–Crippen LogP) is 4.00.